The van der Waals surface area contributed by atoms with Crippen molar-refractivity contribution < 1.29 is 14.2 Å². The summed E-state index contributed by atoms with van der Waals surface area (Å²) in [6.45, 7) is 0.958. The molecule has 0 fully saturated rings. The van der Waals surface area contributed by atoms with Crippen LogP contribution in [0.3, 0.4) is 0 Å². The lowest BCUT2D eigenvalue weighted by Gasteiger charge is -2.13. The van der Waals surface area contributed by atoms with Crippen molar-refractivity contribution in [2.24, 2.45) is 0 Å². The molecule has 0 saturated carbocycles. The van der Waals surface area contributed by atoms with Gasteiger partial charge in [-0.1, -0.05) is 27.5 Å². The number of rotatable bonds is 6. The molecule has 0 amide bonds. The van der Waals surface area contributed by atoms with Crippen molar-refractivity contribution in [1.29, 1.82) is 0 Å². The molecule has 16 heavy (non-hydrogen) atoms. The molecule has 5 heteroatoms. The van der Waals surface area contributed by atoms with Gasteiger partial charge in [-0.15, -0.1) is 0 Å². The fraction of sp³-hybridized carbons (Fsp3) is 0.455. The van der Waals surface area contributed by atoms with E-state index in [4.69, 9.17) is 25.8 Å². The molecule has 0 aliphatic rings. The highest BCUT2D eigenvalue weighted by molar-refractivity contribution is 9.08. The zero-order valence-corrected chi connectivity index (χ0v) is 11.6. The third kappa shape index (κ3) is 3.54. The topological polar surface area (TPSA) is 27.7 Å². The van der Waals surface area contributed by atoms with Gasteiger partial charge in [-0.25, -0.2) is 0 Å². The van der Waals surface area contributed by atoms with Gasteiger partial charge in [0.05, 0.1) is 18.7 Å². The van der Waals surface area contributed by atoms with Crippen LogP contribution in [0, 0.1) is 0 Å². The van der Waals surface area contributed by atoms with Crippen molar-refractivity contribution >= 4 is 27.5 Å². The average Bonchev–Trinajstić information content (AvgIpc) is 2.30. The molecule has 3 nitrogen and oxygen atoms in total. The Bertz CT molecular complexity index is 344. The lowest BCUT2D eigenvalue weighted by Crippen LogP contribution is -2.06. The Morgan fingerprint density at radius 3 is 2.56 bits per heavy atom. The molecule has 0 bridgehead atoms. The highest BCUT2D eigenvalue weighted by Crippen LogP contribution is 2.36. The molecule has 1 aromatic carbocycles. The summed E-state index contributed by atoms with van der Waals surface area (Å²) in [5, 5.41) is 1.27. The van der Waals surface area contributed by atoms with Gasteiger partial charge in [0, 0.05) is 12.4 Å². The minimum atomic E-state index is 0.445. The van der Waals surface area contributed by atoms with E-state index in [2.05, 4.69) is 15.9 Å². The molecule has 0 spiro atoms. The first-order chi connectivity index (χ1) is 7.72. The number of alkyl halides is 1. The number of hydrogen-bond donors (Lipinski definition) is 0. The molecule has 0 atom stereocenters. The Balaban J connectivity index is 2.88. The standard InChI is InChI=1S/C11H14BrClO3/c1-14-3-4-16-11-9(13)5-8(7-12)6-10(11)15-2/h5-6H,3-4,7H2,1-2H3. The predicted octanol–water partition coefficient (Wildman–Crippen LogP) is 3.27. The van der Waals surface area contributed by atoms with E-state index in [-0.39, 0.29) is 0 Å². The van der Waals surface area contributed by atoms with Crippen LogP contribution in [0.2, 0.25) is 5.02 Å². The zero-order chi connectivity index (χ0) is 12.0. The second-order valence-corrected chi connectivity index (χ2v) is 4.05. The van der Waals surface area contributed by atoms with E-state index >= 15 is 0 Å². The van der Waals surface area contributed by atoms with Gasteiger partial charge in [-0.3, -0.25) is 0 Å². The van der Waals surface area contributed by atoms with E-state index in [0.717, 1.165) is 10.9 Å². The molecule has 0 aromatic heterocycles. The van der Waals surface area contributed by atoms with E-state index in [9.17, 15) is 0 Å². The number of methoxy groups -OCH3 is 2. The molecule has 1 aromatic rings. The Kier molecular flexibility index (Phi) is 5.95. The first-order valence-corrected chi connectivity index (χ1v) is 6.27. The minimum absolute atomic E-state index is 0.445. The van der Waals surface area contributed by atoms with Gasteiger partial charge in [0.25, 0.3) is 0 Å². The van der Waals surface area contributed by atoms with E-state index in [1.807, 2.05) is 12.1 Å². The van der Waals surface area contributed by atoms with Crippen molar-refractivity contribution in [3.63, 3.8) is 0 Å². The molecular formula is C11H14BrClO3. The quantitative estimate of drug-likeness (QED) is 0.596. The van der Waals surface area contributed by atoms with E-state index < -0.39 is 0 Å². The van der Waals surface area contributed by atoms with Crippen LogP contribution in [0.4, 0.5) is 0 Å². The van der Waals surface area contributed by atoms with Crippen molar-refractivity contribution in [2.45, 2.75) is 5.33 Å². The Hall–Kier alpha value is -0.450. The van der Waals surface area contributed by atoms with Crippen LogP contribution in [0.25, 0.3) is 0 Å². The Morgan fingerprint density at radius 2 is 2.00 bits per heavy atom. The third-order valence-electron chi connectivity index (χ3n) is 1.98. The third-order valence-corrected chi connectivity index (χ3v) is 2.91. The van der Waals surface area contributed by atoms with Crippen LogP contribution in [0.15, 0.2) is 12.1 Å². The number of ether oxygens (including phenoxy) is 3. The van der Waals surface area contributed by atoms with Crippen LogP contribution in [0.1, 0.15) is 5.56 Å². The molecule has 0 saturated heterocycles. The lowest BCUT2D eigenvalue weighted by molar-refractivity contribution is 0.144. The monoisotopic (exact) mass is 308 g/mol. The van der Waals surface area contributed by atoms with Crippen molar-refractivity contribution in [2.75, 3.05) is 27.4 Å². The van der Waals surface area contributed by atoms with Gasteiger partial charge >= 0.3 is 0 Å². The Morgan fingerprint density at radius 1 is 1.25 bits per heavy atom. The molecule has 0 radical (unpaired) electrons. The maximum atomic E-state index is 6.10. The van der Waals surface area contributed by atoms with E-state index in [0.29, 0.717) is 29.7 Å². The van der Waals surface area contributed by atoms with Crippen LogP contribution in [0.5, 0.6) is 11.5 Å². The number of hydrogen-bond acceptors (Lipinski definition) is 3. The van der Waals surface area contributed by atoms with Crippen molar-refractivity contribution in [3.05, 3.63) is 22.7 Å². The smallest absolute Gasteiger partial charge is 0.179 e. The highest BCUT2D eigenvalue weighted by atomic mass is 79.9. The van der Waals surface area contributed by atoms with Crippen molar-refractivity contribution in [3.8, 4) is 11.5 Å². The fourth-order valence-electron chi connectivity index (χ4n) is 1.22. The number of benzene rings is 1. The van der Waals surface area contributed by atoms with Gasteiger partial charge in [-0.05, 0) is 17.7 Å². The van der Waals surface area contributed by atoms with Gasteiger partial charge < -0.3 is 14.2 Å². The summed E-state index contributed by atoms with van der Waals surface area (Å²) in [6.07, 6.45) is 0. The van der Waals surface area contributed by atoms with Gasteiger partial charge in [0.15, 0.2) is 11.5 Å². The molecular weight excluding hydrogens is 295 g/mol. The normalized spacial score (nSPS) is 10.2. The summed E-state index contributed by atoms with van der Waals surface area (Å²) in [5.41, 5.74) is 1.04. The molecule has 90 valence electrons. The van der Waals surface area contributed by atoms with Gasteiger partial charge in [0.2, 0.25) is 0 Å². The SMILES string of the molecule is COCCOc1c(Cl)cc(CBr)cc1OC. The summed E-state index contributed by atoms with van der Waals surface area (Å²) < 4.78 is 15.6. The first-order valence-electron chi connectivity index (χ1n) is 4.77. The summed E-state index contributed by atoms with van der Waals surface area (Å²) >= 11 is 9.47. The Labute approximate surface area is 109 Å². The summed E-state index contributed by atoms with van der Waals surface area (Å²) in [5.74, 6) is 1.20. The zero-order valence-electron chi connectivity index (χ0n) is 9.26. The summed E-state index contributed by atoms with van der Waals surface area (Å²) in [6, 6.07) is 3.74. The molecule has 1 rings (SSSR count). The maximum Gasteiger partial charge on any atom is 0.179 e. The van der Waals surface area contributed by atoms with Gasteiger partial charge in [-0.2, -0.15) is 0 Å². The fourth-order valence-corrected chi connectivity index (χ4v) is 1.83. The predicted molar refractivity (Wildman–Crippen MR) is 68.0 cm³/mol. The molecule has 0 aliphatic heterocycles. The molecule has 0 N–H and O–H groups in total. The van der Waals surface area contributed by atoms with Crippen LogP contribution in [-0.4, -0.2) is 27.4 Å². The largest absolute Gasteiger partial charge is 0.493 e. The van der Waals surface area contributed by atoms with E-state index in [1.165, 1.54) is 0 Å². The molecule has 0 heterocycles. The van der Waals surface area contributed by atoms with E-state index in [1.54, 1.807) is 14.2 Å². The number of halogens is 2. The van der Waals surface area contributed by atoms with Crippen LogP contribution >= 0.6 is 27.5 Å². The van der Waals surface area contributed by atoms with Crippen LogP contribution < -0.4 is 9.47 Å². The maximum absolute atomic E-state index is 6.10. The second kappa shape index (κ2) is 6.99. The summed E-state index contributed by atoms with van der Waals surface area (Å²) in [7, 11) is 3.21. The summed E-state index contributed by atoms with van der Waals surface area (Å²) in [4.78, 5) is 0. The lowest BCUT2D eigenvalue weighted by atomic mass is 10.2. The molecule has 0 aliphatic carbocycles. The highest BCUT2D eigenvalue weighted by Gasteiger charge is 2.11. The first kappa shape index (κ1) is 13.6. The van der Waals surface area contributed by atoms with Crippen molar-refractivity contribution in [1.82, 2.24) is 0 Å². The van der Waals surface area contributed by atoms with Crippen LogP contribution in [-0.2, 0) is 10.1 Å². The van der Waals surface area contributed by atoms with Gasteiger partial charge in [0.1, 0.15) is 6.61 Å². The molecule has 0 unspecified atom stereocenters. The second-order valence-electron chi connectivity index (χ2n) is 3.08. The minimum Gasteiger partial charge on any atom is -0.493 e. The average molecular weight is 310 g/mol.